The third kappa shape index (κ3) is 2.80. The summed E-state index contributed by atoms with van der Waals surface area (Å²) >= 11 is 0. The molecular formula is C9H14O5. The summed E-state index contributed by atoms with van der Waals surface area (Å²) in [6.07, 6.45) is 3.13. The molecule has 0 aromatic carbocycles. The van der Waals surface area contributed by atoms with Crippen molar-refractivity contribution in [2.45, 2.75) is 25.2 Å². The van der Waals surface area contributed by atoms with Gasteiger partial charge in [-0.15, -0.1) is 0 Å². The molecule has 1 aliphatic heterocycles. The molecule has 1 rings (SSSR count). The van der Waals surface area contributed by atoms with Gasteiger partial charge >= 0.3 is 5.97 Å². The molecule has 0 saturated carbocycles. The Morgan fingerprint density at radius 1 is 1.57 bits per heavy atom. The van der Waals surface area contributed by atoms with Crippen LogP contribution in [0.2, 0.25) is 0 Å². The van der Waals surface area contributed by atoms with Gasteiger partial charge in [0.25, 0.3) is 0 Å². The van der Waals surface area contributed by atoms with E-state index in [1.807, 2.05) is 0 Å². The number of esters is 1. The zero-order valence-corrected chi connectivity index (χ0v) is 8.48. The van der Waals surface area contributed by atoms with E-state index in [1.165, 1.54) is 14.2 Å². The minimum absolute atomic E-state index is 0.132. The van der Waals surface area contributed by atoms with Gasteiger partial charge in [0.15, 0.2) is 0 Å². The topological polar surface area (TPSA) is 54.0 Å². The Morgan fingerprint density at radius 2 is 2.29 bits per heavy atom. The summed E-state index contributed by atoms with van der Waals surface area (Å²) in [5.74, 6) is -1.21. The standard InChI is InChI=1S/C9H14O5/c1-9(12-3)5-4-7(13-14-9)6-8(10)11-2/h4-5,7H,6H2,1-3H3/t7-,9-/m1/s1. The Morgan fingerprint density at radius 3 is 2.71 bits per heavy atom. The van der Waals surface area contributed by atoms with Crippen molar-refractivity contribution in [3.63, 3.8) is 0 Å². The van der Waals surface area contributed by atoms with Gasteiger partial charge in [0, 0.05) is 7.11 Å². The van der Waals surface area contributed by atoms with Crippen LogP contribution in [0.4, 0.5) is 0 Å². The minimum Gasteiger partial charge on any atom is -0.469 e. The predicted octanol–water partition coefficient (Wildman–Crippen LogP) is 0.799. The lowest BCUT2D eigenvalue weighted by Gasteiger charge is -2.29. The fraction of sp³-hybridized carbons (Fsp3) is 0.667. The Hall–Kier alpha value is -0.910. The van der Waals surface area contributed by atoms with Crippen LogP contribution in [0, 0.1) is 0 Å². The summed E-state index contributed by atoms with van der Waals surface area (Å²) in [6.45, 7) is 1.71. The summed E-state index contributed by atoms with van der Waals surface area (Å²) < 4.78 is 9.50. The minimum atomic E-state index is -0.868. The molecule has 0 aliphatic carbocycles. The monoisotopic (exact) mass is 202 g/mol. The molecule has 1 heterocycles. The predicted molar refractivity (Wildman–Crippen MR) is 47.1 cm³/mol. The number of methoxy groups -OCH3 is 2. The maximum atomic E-state index is 10.9. The van der Waals surface area contributed by atoms with Crippen LogP contribution >= 0.6 is 0 Å². The Bertz CT molecular complexity index is 237. The number of carbonyl (C=O) groups is 1. The van der Waals surface area contributed by atoms with E-state index in [9.17, 15) is 4.79 Å². The molecule has 5 heteroatoms. The molecule has 0 fully saturated rings. The highest BCUT2D eigenvalue weighted by Crippen LogP contribution is 2.21. The molecule has 0 aromatic heterocycles. The summed E-state index contributed by atoms with van der Waals surface area (Å²) in [5.41, 5.74) is 0. The molecule has 0 amide bonds. The molecule has 0 spiro atoms. The Labute approximate surface area is 82.5 Å². The van der Waals surface area contributed by atoms with E-state index >= 15 is 0 Å². The molecule has 0 aromatic rings. The van der Waals surface area contributed by atoms with Crippen molar-refractivity contribution in [1.82, 2.24) is 0 Å². The summed E-state index contributed by atoms with van der Waals surface area (Å²) in [5, 5.41) is 0. The molecule has 0 radical (unpaired) electrons. The number of hydrogen-bond acceptors (Lipinski definition) is 5. The number of hydrogen-bond donors (Lipinski definition) is 0. The molecule has 14 heavy (non-hydrogen) atoms. The number of ether oxygens (including phenoxy) is 2. The third-order valence-electron chi connectivity index (χ3n) is 1.95. The van der Waals surface area contributed by atoms with Gasteiger partial charge in [-0.3, -0.25) is 4.79 Å². The van der Waals surface area contributed by atoms with E-state index in [4.69, 9.17) is 14.5 Å². The molecule has 0 N–H and O–H groups in total. The van der Waals surface area contributed by atoms with Crippen LogP contribution in [0.25, 0.3) is 0 Å². The molecule has 2 atom stereocenters. The van der Waals surface area contributed by atoms with Gasteiger partial charge < -0.3 is 9.47 Å². The maximum Gasteiger partial charge on any atom is 0.308 e. The number of rotatable bonds is 3. The van der Waals surface area contributed by atoms with Crippen LogP contribution in [-0.4, -0.2) is 32.1 Å². The van der Waals surface area contributed by atoms with Gasteiger partial charge in [0.1, 0.15) is 6.10 Å². The molecule has 0 bridgehead atoms. The second-order valence-electron chi connectivity index (χ2n) is 3.08. The first-order valence-electron chi connectivity index (χ1n) is 4.25. The normalized spacial score (nSPS) is 31.5. The summed E-state index contributed by atoms with van der Waals surface area (Å²) in [7, 11) is 2.84. The summed E-state index contributed by atoms with van der Waals surface area (Å²) in [4.78, 5) is 20.8. The van der Waals surface area contributed by atoms with Crippen molar-refractivity contribution in [1.29, 1.82) is 0 Å². The van der Waals surface area contributed by atoms with Crippen molar-refractivity contribution in [3.8, 4) is 0 Å². The SMILES string of the molecule is COC(=O)C[C@H]1C=C[C@](C)(OC)OO1. The molecule has 0 saturated heterocycles. The van der Waals surface area contributed by atoms with E-state index in [0.29, 0.717) is 0 Å². The van der Waals surface area contributed by atoms with Crippen LogP contribution in [0.15, 0.2) is 12.2 Å². The highest BCUT2D eigenvalue weighted by Gasteiger charge is 2.29. The van der Waals surface area contributed by atoms with Gasteiger partial charge in [0.2, 0.25) is 5.79 Å². The lowest BCUT2D eigenvalue weighted by atomic mass is 10.2. The smallest absolute Gasteiger partial charge is 0.308 e. The Kier molecular flexibility index (Phi) is 3.62. The summed E-state index contributed by atoms with van der Waals surface area (Å²) in [6, 6.07) is 0. The molecule has 1 aliphatic rings. The first-order chi connectivity index (χ1) is 6.59. The van der Waals surface area contributed by atoms with Crippen molar-refractivity contribution in [3.05, 3.63) is 12.2 Å². The van der Waals surface area contributed by atoms with Crippen LogP contribution < -0.4 is 0 Å². The third-order valence-corrected chi connectivity index (χ3v) is 1.95. The van der Waals surface area contributed by atoms with Gasteiger partial charge in [-0.2, -0.15) is 4.89 Å². The van der Waals surface area contributed by atoms with Gasteiger partial charge in [-0.1, -0.05) is 6.08 Å². The van der Waals surface area contributed by atoms with Crippen molar-refractivity contribution in [2.24, 2.45) is 0 Å². The largest absolute Gasteiger partial charge is 0.469 e. The second-order valence-corrected chi connectivity index (χ2v) is 3.08. The van der Waals surface area contributed by atoms with Gasteiger partial charge in [0.05, 0.1) is 13.5 Å². The van der Waals surface area contributed by atoms with Crippen molar-refractivity contribution in [2.75, 3.05) is 14.2 Å². The van der Waals surface area contributed by atoms with E-state index in [2.05, 4.69) is 4.74 Å². The molecule has 0 unspecified atom stereocenters. The first kappa shape index (κ1) is 11.2. The van der Waals surface area contributed by atoms with Crippen molar-refractivity contribution >= 4 is 5.97 Å². The van der Waals surface area contributed by atoms with Crippen LogP contribution in [0.5, 0.6) is 0 Å². The number of carbonyl (C=O) groups excluding carboxylic acids is 1. The van der Waals surface area contributed by atoms with E-state index in [-0.39, 0.29) is 12.4 Å². The van der Waals surface area contributed by atoms with E-state index in [0.717, 1.165) is 0 Å². The Balaban J connectivity index is 2.48. The molecule has 5 nitrogen and oxygen atoms in total. The highest BCUT2D eigenvalue weighted by molar-refractivity contribution is 5.70. The average molecular weight is 202 g/mol. The zero-order valence-electron chi connectivity index (χ0n) is 8.48. The first-order valence-corrected chi connectivity index (χ1v) is 4.25. The average Bonchev–Trinajstić information content (AvgIpc) is 2.21. The maximum absolute atomic E-state index is 10.9. The van der Waals surface area contributed by atoms with Gasteiger partial charge in [-0.25, -0.2) is 4.89 Å². The van der Waals surface area contributed by atoms with E-state index in [1.54, 1.807) is 19.1 Å². The lowest BCUT2D eigenvalue weighted by Crippen LogP contribution is -2.35. The fourth-order valence-electron chi connectivity index (χ4n) is 0.951. The zero-order chi connectivity index (χ0) is 10.6. The molecular weight excluding hydrogens is 188 g/mol. The van der Waals surface area contributed by atoms with Crippen LogP contribution in [0.3, 0.4) is 0 Å². The van der Waals surface area contributed by atoms with Gasteiger partial charge in [-0.05, 0) is 13.0 Å². The van der Waals surface area contributed by atoms with Crippen LogP contribution in [0.1, 0.15) is 13.3 Å². The highest BCUT2D eigenvalue weighted by atomic mass is 17.2. The van der Waals surface area contributed by atoms with Crippen LogP contribution in [-0.2, 0) is 24.0 Å². The lowest BCUT2D eigenvalue weighted by molar-refractivity contribution is -0.421. The second kappa shape index (κ2) is 4.54. The fourth-order valence-corrected chi connectivity index (χ4v) is 0.951. The van der Waals surface area contributed by atoms with Crippen molar-refractivity contribution < 1.29 is 24.0 Å². The molecule has 80 valence electrons. The van der Waals surface area contributed by atoms with E-state index < -0.39 is 11.9 Å². The quantitative estimate of drug-likeness (QED) is 0.385.